The highest BCUT2D eigenvalue weighted by Gasteiger charge is 2.21. The third-order valence-corrected chi connectivity index (χ3v) is 3.44. The molecule has 1 aromatic heterocycles. The Morgan fingerprint density at radius 3 is 2.91 bits per heavy atom. The van der Waals surface area contributed by atoms with Gasteiger partial charge in [-0.2, -0.15) is 4.98 Å². The van der Waals surface area contributed by atoms with Crippen LogP contribution in [0.2, 0.25) is 0 Å². The predicted molar refractivity (Wildman–Crippen MR) is 79.5 cm³/mol. The molecular formula is C15H18N4O3. The van der Waals surface area contributed by atoms with E-state index in [9.17, 15) is 4.79 Å². The highest BCUT2D eigenvalue weighted by Crippen LogP contribution is 2.17. The molecule has 2 N–H and O–H groups in total. The number of ether oxygens (including phenoxy) is 1. The van der Waals surface area contributed by atoms with Gasteiger partial charge in [0.25, 0.3) is 0 Å². The number of carbonyl (C=O) groups is 1. The smallest absolute Gasteiger partial charge is 0.241 e. The highest BCUT2D eigenvalue weighted by atomic mass is 16.5. The molecule has 2 heterocycles. The number of anilines is 1. The maximum atomic E-state index is 12.0. The fraction of sp³-hybridized carbons (Fsp3) is 0.400. The van der Waals surface area contributed by atoms with E-state index >= 15 is 0 Å². The van der Waals surface area contributed by atoms with Gasteiger partial charge in [-0.05, 0) is 43.7 Å². The standard InChI is InChI=1S/C15H18N4O3/c1-10-17-14(19-22-10)9-21-12-6-4-11(5-7-12)18-15(20)13-3-2-8-16-13/h4-7,13,16H,2-3,8-9H2,1H3,(H,18,20). The second-order valence-electron chi connectivity index (χ2n) is 5.18. The van der Waals surface area contributed by atoms with Crippen LogP contribution >= 0.6 is 0 Å². The molecule has 1 aliphatic heterocycles. The van der Waals surface area contributed by atoms with Gasteiger partial charge in [0, 0.05) is 12.6 Å². The molecular weight excluding hydrogens is 284 g/mol. The van der Waals surface area contributed by atoms with E-state index in [1.54, 1.807) is 19.1 Å². The summed E-state index contributed by atoms with van der Waals surface area (Å²) in [6.45, 7) is 2.88. The van der Waals surface area contributed by atoms with Gasteiger partial charge in [-0.1, -0.05) is 5.16 Å². The normalized spacial score (nSPS) is 17.4. The van der Waals surface area contributed by atoms with Gasteiger partial charge in [-0.25, -0.2) is 0 Å². The first-order valence-corrected chi connectivity index (χ1v) is 7.27. The Morgan fingerprint density at radius 2 is 2.27 bits per heavy atom. The Hall–Kier alpha value is -2.41. The van der Waals surface area contributed by atoms with Gasteiger partial charge in [0.1, 0.15) is 5.75 Å². The summed E-state index contributed by atoms with van der Waals surface area (Å²) in [7, 11) is 0. The number of nitrogens with one attached hydrogen (secondary N) is 2. The molecule has 1 unspecified atom stereocenters. The number of aryl methyl sites for hydroxylation is 1. The molecule has 0 radical (unpaired) electrons. The summed E-state index contributed by atoms with van der Waals surface area (Å²) in [5.74, 6) is 1.70. The number of benzene rings is 1. The maximum Gasteiger partial charge on any atom is 0.241 e. The van der Waals surface area contributed by atoms with Crippen LogP contribution in [-0.4, -0.2) is 28.6 Å². The van der Waals surface area contributed by atoms with E-state index in [-0.39, 0.29) is 18.6 Å². The van der Waals surface area contributed by atoms with Gasteiger partial charge < -0.3 is 19.9 Å². The third-order valence-electron chi connectivity index (χ3n) is 3.44. The zero-order valence-corrected chi connectivity index (χ0v) is 12.3. The van der Waals surface area contributed by atoms with E-state index in [2.05, 4.69) is 20.8 Å². The zero-order valence-electron chi connectivity index (χ0n) is 12.3. The average molecular weight is 302 g/mol. The Balaban J connectivity index is 1.52. The lowest BCUT2D eigenvalue weighted by molar-refractivity contribution is -0.117. The van der Waals surface area contributed by atoms with Crippen LogP contribution in [0.5, 0.6) is 5.75 Å². The van der Waals surface area contributed by atoms with Gasteiger partial charge in [0.05, 0.1) is 6.04 Å². The van der Waals surface area contributed by atoms with Gasteiger partial charge in [-0.3, -0.25) is 4.79 Å². The van der Waals surface area contributed by atoms with Crippen molar-refractivity contribution in [2.45, 2.75) is 32.4 Å². The largest absolute Gasteiger partial charge is 0.485 e. The molecule has 1 amide bonds. The van der Waals surface area contributed by atoms with E-state index in [4.69, 9.17) is 9.26 Å². The second-order valence-corrected chi connectivity index (χ2v) is 5.18. The van der Waals surface area contributed by atoms with Crippen LogP contribution in [-0.2, 0) is 11.4 Å². The molecule has 0 saturated carbocycles. The molecule has 7 nitrogen and oxygen atoms in total. The van der Waals surface area contributed by atoms with E-state index in [0.717, 1.165) is 25.1 Å². The van der Waals surface area contributed by atoms with E-state index < -0.39 is 0 Å². The molecule has 116 valence electrons. The van der Waals surface area contributed by atoms with Crippen molar-refractivity contribution in [1.29, 1.82) is 0 Å². The molecule has 1 aromatic carbocycles. The maximum absolute atomic E-state index is 12.0. The quantitative estimate of drug-likeness (QED) is 0.873. The van der Waals surface area contributed by atoms with Gasteiger partial charge >= 0.3 is 0 Å². The summed E-state index contributed by atoms with van der Waals surface area (Å²) >= 11 is 0. The Kier molecular flexibility index (Phi) is 4.34. The number of aromatic nitrogens is 2. The number of rotatable bonds is 5. The summed E-state index contributed by atoms with van der Waals surface area (Å²) < 4.78 is 10.4. The molecule has 2 aromatic rings. The van der Waals surface area contributed by atoms with Crippen LogP contribution in [0.25, 0.3) is 0 Å². The molecule has 1 atom stereocenters. The minimum atomic E-state index is -0.0857. The molecule has 7 heteroatoms. The average Bonchev–Trinajstić information content (AvgIpc) is 3.18. The van der Waals surface area contributed by atoms with Crippen LogP contribution in [0.3, 0.4) is 0 Å². The van der Waals surface area contributed by atoms with Crippen molar-refractivity contribution in [1.82, 2.24) is 15.5 Å². The molecule has 1 fully saturated rings. The van der Waals surface area contributed by atoms with Crippen molar-refractivity contribution in [2.24, 2.45) is 0 Å². The van der Waals surface area contributed by atoms with Crippen LogP contribution in [0.4, 0.5) is 5.69 Å². The van der Waals surface area contributed by atoms with Crippen molar-refractivity contribution in [2.75, 3.05) is 11.9 Å². The first-order valence-electron chi connectivity index (χ1n) is 7.27. The summed E-state index contributed by atoms with van der Waals surface area (Å²) in [5.41, 5.74) is 0.751. The van der Waals surface area contributed by atoms with Gasteiger partial charge in [0.15, 0.2) is 6.61 Å². The number of hydrogen-bond donors (Lipinski definition) is 2. The lowest BCUT2D eigenvalue weighted by Gasteiger charge is -2.11. The SMILES string of the molecule is Cc1nc(COc2ccc(NC(=O)C3CCCN3)cc2)no1. The minimum Gasteiger partial charge on any atom is -0.485 e. The van der Waals surface area contributed by atoms with Crippen LogP contribution < -0.4 is 15.4 Å². The highest BCUT2D eigenvalue weighted by molar-refractivity contribution is 5.95. The molecule has 0 bridgehead atoms. The molecule has 1 aliphatic rings. The van der Waals surface area contributed by atoms with Crippen molar-refractivity contribution < 1.29 is 14.1 Å². The Bertz CT molecular complexity index is 632. The summed E-state index contributed by atoms with van der Waals surface area (Å²) in [4.78, 5) is 16.0. The van der Waals surface area contributed by atoms with E-state index in [0.29, 0.717) is 17.5 Å². The molecule has 22 heavy (non-hydrogen) atoms. The Labute approximate surface area is 128 Å². The lowest BCUT2D eigenvalue weighted by atomic mass is 10.2. The zero-order chi connectivity index (χ0) is 15.4. The third kappa shape index (κ3) is 3.62. The number of hydrogen-bond acceptors (Lipinski definition) is 6. The predicted octanol–water partition coefficient (Wildman–Crippen LogP) is 1.65. The van der Waals surface area contributed by atoms with Crippen LogP contribution in [0.15, 0.2) is 28.8 Å². The van der Waals surface area contributed by atoms with Gasteiger partial charge in [0.2, 0.25) is 17.6 Å². The van der Waals surface area contributed by atoms with Crippen molar-refractivity contribution >= 4 is 11.6 Å². The summed E-state index contributed by atoms with van der Waals surface area (Å²) in [5, 5.41) is 9.82. The molecule has 1 saturated heterocycles. The Morgan fingerprint density at radius 1 is 1.45 bits per heavy atom. The fourth-order valence-electron chi connectivity index (χ4n) is 2.32. The first kappa shape index (κ1) is 14.5. The fourth-order valence-corrected chi connectivity index (χ4v) is 2.32. The lowest BCUT2D eigenvalue weighted by Crippen LogP contribution is -2.35. The first-order chi connectivity index (χ1) is 10.7. The van der Waals surface area contributed by atoms with Crippen LogP contribution in [0.1, 0.15) is 24.6 Å². The molecule has 0 aliphatic carbocycles. The monoisotopic (exact) mass is 302 g/mol. The number of nitrogens with zero attached hydrogens (tertiary/aromatic N) is 2. The van der Waals surface area contributed by atoms with E-state index in [1.807, 2.05) is 12.1 Å². The van der Waals surface area contributed by atoms with Crippen molar-refractivity contribution in [3.05, 3.63) is 36.0 Å². The van der Waals surface area contributed by atoms with Crippen molar-refractivity contribution in [3.8, 4) is 5.75 Å². The second kappa shape index (κ2) is 6.57. The van der Waals surface area contributed by atoms with Crippen LogP contribution in [0, 0.1) is 6.92 Å². The summed E-state index contributed by atoms with van der Waals surface area (Å²) in [6, 6.07) is 7.13. The number of carbonyl (C=O) groups excluding carboxylic acids is 1. The van der Waals surface area contributed by atoms with Crippen molar-refractivity contribution in [3.63, 3.8) is 0 Å². The topological polar surface area (TPSA) is 89.3 Å². The minimum absolute atomic E-state index is 0.00782. The molecule has 3 rings (SSSR count). The summed E-state index contributed by atoms with van der Waals surface area (Å²) in [6.07, 6.45) is 1.93. The van der Waals surface area contributed by atoms with E-state index in [1.165, 1.54) is 0 Å². The molecule has 0 spiro atoms. The van der Waals surface area contributed by atoms with Gasteiger partial charge in [-0.15, -0.1) is 0 Å². The number of amides is 1.